The molecule has 2 aromatic rings. The normalized spacial score (nSPS) is 12.2. The summed E-state index contributed by atoms with van der Waals surface area (Å²) < 4.78 is 32.9. The second-order valence-electron chi connectivity index (χ2n) is 4.96. The number of benzene rings is 1. The summed E-state index contributed by atoms with van der Waals surface area (Å²) in [6, 6.07) is 3.82. The first-order chi connectivity index (χ1) is 11.3. The predicted molar refractivity (Wildman–Crippen MR) is 89.3 cm³/mol. The van der Waals surface area contributed by atoms with Gasteiger partial charge in [0.25, 0.3) is 0 Å². The smallest absolute Gasteiger partial charge is 0.202 e. The summed E-state index contributed by atoms with van der Waals surface area (Å²) in [7, 11) is 3.31. The van der Waals surface area contributed by atoms with Crippen LogP contribution >= 0.6 is 0 Å². The van der Waals surface area contributed by atoms with Gasteiger partial charge >= 0.3 is 0 Å². The first kappa shape index (κ1) is 17.9. The van der Waals surface area contributed by atoms with Crippen molar-refractivity contribution >= 4 is 40.3 Å². The van der Waals surface area contributed by atoms with Gasteiger partial charge in [-0.1, -0.05) is 15.1 Å². The summed E-state index contributed by atoms with van der Waals surface area (Å²) in [6.45, 7) is 0.308. The van der Waals surface area contributed by atoms with Gasteiger partial charge in [0, 0.05) is 18.6 Å². The molecule has 0 saturated heterocycles. The molecule has 0 amide bonds. The molecule has 1 aromatic heterocycles. The van der Waals surface area contributed by atoms with Crippen LogP contribution in [0.1, 0.15) is 5.69 Å². The van der Waals surface area contributed by atoms with Gasteiger partial charge < -0.3 is 5.32 Å². The van der Waals surface area contributed by atoms with Gasteiger partial charge in [-0.2, -0.15) is 0 Å². The molecule has 0 unspecified atom stereocenters. The minimum atomic E-state index is -2.16. The lowest BCUT2D eigenvalue weighted by molar-refractivity contribution is 0.234. The number of rotatable bonds is 6. The predicted octanol–water partition coefficient (Wildman–Crippen LogP) is 0.780. The van der Waals surface area contributed by atoms with E-state index in [2.05, 4.69) is 25.3 Å². The van der Waals surface area contributed by atoms with Crippen molar-refractivity contribution in [1.82, 2.24) is 15.8 Å². The second-order valence-corrected chi connectivity index (χ2v) is 7.54. The molecule has 0 aliphatic rings. The molecule has 0 aliphatic heterocycles. The average molecular weight is 351 g/mol. The van der Waals surface area contributed by atoms with E-state index in [-0.39, 0.29) is 28.5 Å². The van der Waals surface area contributed by atoms with Crippen molar-refractivity contribution in [2.45, 2.75) is 0 Å². The van der Waals surface area contributed by atoms with Crippen LogP contribution in [0.15, 0.2) is 27.8 Å². The molecule has 12 heteroatoms. The van der Waals surface area contributed by atoms with E-state index in [1.54, 1.807) is 0 Å². The highest BCUT2D eigenvalue weighted by Crippen LogP contribution is 2.15. The molecule has 0 atom stereocenters. The Hall–Kier alpha value is -2.47. The zero-order valence-electron chi connectivity index (χ0n) is 12.7. The summed E-state index contributed by atoms with van der Waals surface area (Å²) in [5.74, 6) is -0.160. The van der Waals surface area contributed by atoms with E-state index in [4.69, 9.17) is 17.4 Å². The van der Waals surface area contributed by atoms with Crippen molar-refractivity contribution in [3.8, 4) is 0 Å². The van der Waals surface area contributed by atoms with Crippen LogP contribution in [-0.2, 0) is 9.62 Å². The standard InChI is InChI=1S/C12H15BFN7O2S/c1-24(15,16)5-4-17-11-10(20-23-21-11)12(19-22)18-7-2-3-9(14)8(13)6-7/h2-3,6,15-16,22H,4-5H2,1H3,(H,17,21)(H,18,19). The molecule has 0 spiro atoms. The van der Waals surface area contributed by atoms with E-state index in [0.717, 1.165) is 6.07 Å². The monoisotopic (exact) mass is 351 g/mol. The summed E-state index contributed by atoms with van der Waals surface area (Å²) in [6.07, 6.45) is 1.54. The van der Waals surface area contributed by atoms with Gasteiger partial charge in [-0.15, -0.1) is 0 Å². The number of aromatic nitrogens is 2. The van der Waals surface area contributed by atoms with Crippen molar-refractivity contribution in [3.05, 3.63) is 29.7 Å². The molecule has 5 N–H and O–H groups in total. The highest BCUT2D eigenvalue weighted by molar-refractivity contribution is 7.92. The van der Waals surface area contributed by atoms with Gasteiger partial charge in [-0.3, -0.25) is 20.2 Å². The summed E-state index contributed by atoms with van der Waals surface area (Å²) in [5.41, 5.74) is 2.17. The molecule has 2 radical (unpaired) electrons. The lowest BCUT2D eigenvalue weighted by Gasteiger charge is -2.07. The van der Waals surface area contributed by atoms with Crippen LogP contribution in [0, 0.1) is 15.4 Å². The zero-order valence-corrected chi connectivity index (χ0v) is 13.5. The van der Waals surface area contributed by atoms with Crippen molar-refractivity contribution in [1.29, 1.82) is 9.56 Å². The number of hydrogen-bond donors (Lipinski definition) is 5. The Morgan fingerprint density at radius 2 is 2.21 bits per heavy atom. The van der Waals surface area contributed by atoms with Gasteiger partial charge in [-0.05, 0) is 28.5 Å². The lowest BCUT2D eigenvalue weighted by atomic mass is 9.95. The molecule has 0 bridgehead atoms. The Balaban J connectivity index is 2.23. The van der Waals surface area contributed by atoms with Crippen LogP contribution in [0.25, 0.3) is 0 Å². The van der Waals surface area contributed by atoms with E-state index in [0.29, 0.717) is 12.3 Å². The van der Waals surface area contributed by atoms with Crippen molar-refractivity contribution < 1.29 is 14.2 Å². The number of hydroxylamine groups is 1. The van der Waals surface area contributed by atoms with Crippen LogP contribution in [0.3, 0.4) is 0 Å². The summed E-state index contributed by atoms with van der Waals surface area (Å²) >= 11 is 0. The quantitative estimate of drug-likeness (QED) is 0.225. The van der Waals surface area contributed by atoms with E-state index < -0.39 is 15.4 Å². The van der Waals surface area contributed by atoms with Crippen LogP contribution in [0.4, 0.5) is 15.9 Å². The van der Waals surface area contributed by atoms with Gasteiger partial charge in [-0.25, -0.2) is 14.0 Å². The Morgan fingerprint density at radius 3 is 2.83 bits per heavy atom. The Labute approximate surface area is 139 Å². The highest BCUT2D eigenvalue weighted by atomic mass is 32.2. The van der Waals surface area contributed by atoms with Gasteiger partial charge in [0.15, 0.2) is 11.5 Å². The van der Waals surface area contributed by atoms with Crippen LogP contribution in [0.2, 0.25) is 0 Å². The Morgan fingerprint density at radius 1 is 1.46 bits per heavy atom. The molecule has 24 heavy (non-hydrogen) atoms. The molecule has 2 rings (SSSR count). The highest BCUT2D eigenvalue weighted by Gasteiger charge is 2.16. The number of anilines is 1. The number of halogens is 1. The van der Waals surface area contributed by atoms with Crippen molar-refractivity contribution in [3.63, 3.8) is 0 Å². The largest absolute Gasteiger partial charge is 0.364 e. The second kappa shape index (κ2) is 7.40. The van der Waals surface area contributed by atoms with Crippen LogP contribution < -0.4 is 16.3 Å². The molecule has 126 valence electrons. The molecule has 0 fully saturated rings. The molecule has 9 nitrogen and oxygen atoms in total. The summed E-state index contributed by atoms with van der Waals surface area (Å²) in [4.78, 5) is 4.08. The number of nitrogens with zero attached hydrogens (tertiary/aromatic N) is 3. The van der Waals surface area contributed by atoms with Gasteiger partial charge in [0.2, 0.25) is 5.82 Å². The van der Waals surface area contributed by atoms with Crippen molar-refractivity contribution in [2.75, 3.05) is 23.9 Å². The van der Waals surface area contributed by atoms with E-state index in [1.165, 1.54) is 18.4 Å². The maximum atomic E-state index is 13.2. The first-order valence-electron chi connectivity index (χ1n) is 6.66. The van der Waals surface area contributed by atoms with E-state index in [1.807, 2.05) is 5.48 Å². The Kier molecular flexibility index (Phi) is 5.52. The number of aliphatic imine (C=N–C) groups is 1. The van der Waals surface area contributed by atoms with E-state index >= 15 is 0 Å². The fourth-order valence-corrected chi connectivity index (χ4v) is 2.20. The Bertz CT molecular complexity index is 853. The molecular weight excluding hydrogens is 336 g/mol. The number of hydrogen-bond acceptors (Lipinski definition) is 8. The van der Waals surface area contributed by atoms with Gasteiger partial charge in [0.1, 0.15) is 13.7 Å². The molecule has 1 heterocycles. The van der Waals surface area contributed by atoms with Crippen LogP contribution in [0.5, 0.6) is 0 Å². The minimum Gasteiger partial charge on any atom is -0.364 e. The van der Waals surface area contributed by atoms with Crippen LogP contribution in [-0.4, -0.2) is 47.8 Å². The minimum absolute atomic E-state index is 0.0849. The maximum Gasteiger partial charge on any atom is 0.202 e. The molecule has 1 aromatic carbocycles. The summed E-state index contributed by atoms with van der Waals surface area (Å²) in [5, 5.41) is 19.4. The SMILES string of the molecule is [B]c1cc(N=C(NO)c2nonc2NCCS(C)(=N)=N)ccc1F. The fraction of sp³-hybridized carbons (Fsp3) is 0.250. The lowest BCUT2D eigenvalue weighted by Crippen LogP contribution is -2.23. The maximum absolute atomic E-state index is 13.2. The topological polar surface area (TPSA) is 143 Å². The third kappa shape index (κ3) is 4.76. The number of nitrogens with one attached hydrogen (secondary N) is 4. The van der Waals surface area contributed by atoms with E-state index in [9.17, 15) is 9.60 Å². The third-order valence-electron chi connectivity index (χ3n) is 2.84. The third-order valence-corrected chi connectivity index (χ3v) is 3.86. The fourth-order valence-electron chi connectivity index (χ4n) is 1.69. The molecule has 0 aliphatic carbocycles. The first-order valence-corrected chi connectivity index (χ1v) is 8.87. The zero-order chi connectivity index (χ0) is 17.7. The average Bonchev–Trinajstić information content (AvgIpc) is 2.95. The molecule has 0 saturated carbocycles. The van der Waals surface area contributed by atoms with Gasteiger partial charge in [0.05, 0.1) is 5.69 Å². The number of amidine groups is 1. The van der Waals surface area contributed by atoms with Crippen molar-refractivity contribution in [2.24, 2.45) is 4.99 Å². The molecular formula is C12H15BFN7O2S.